The second kappa shape index (κ2) is 3.94. The van der Waals surface area contributed by atoms with Gasteiger partial charge in [0.05, 0.1) is 18.6 Å². The Hall–Kier alpha value is -1.13. The summed E-state index contributed by atoms with van der Waals surface area (Å²) < 4.78 is 2.10. The van der Waals surface area contributed by atoms with Crippen LogP contribution in [0.5, 0.6) is 0 Å². The molecule has 0 amide bonds. The van der Waals surface area contributed by atoms with Gasteiger partial charge in [-0.15, -0.1) is 11.3 Å². The first kappa shape index (κ1) is 9.43. The lowest BCUT2D eigenvalue weighted by Crippen LogP contribution is -2.07. The van der Waals surface area contributed by atoms with E-state index in [1.165, 1.54) is 10.4 Å². The molecule has 2 heterocycles. The van der Waals surface area contributed by atoms with E-state index in [0.29, 0.717) is 6.54 Å². The number of imidazole rings is 1. The summed E-state index contributed by atoms with van der Waals surface area (Å²) in [4.78, 5) is 5.46. The maximum Gasteiger partial charge on any atom is 0.0952 e. The van der Waals surface area contributed by atoms with Crippen LogP contribution in [0.1, 0.15) is 16.1 Å². The molecule has 0 spiro atoms. The van der Waals surface area contributed by atoms with Crippen molar-refractivity contribution in [2.45, 2.75) is 20.0 Å². The average molecular weight is 207 g/mol. The highest BCUT2D eigenvalue weighted by atomic mass is 32.1. The number of thiophene rings is 1. The summed E-state index contributed by atoms with van der Waals surface area (Å²) in [5, 5.41) is 2.11. The molecule has 4 heteroatoms. The molecule has 0 aliphatic heterocycles. The Bertz CT molecular complexity index is 416. The lowest BCUT2D eigenvalue weighted by atomic mass is 10.3. The van der Waals surface area contributed by atoms with Crippen LogP contribution < -0.4 is 5.73 Å². The quantitative estimate of drug-likeness (QED) is 0.833. The number of nitrogens with two attached hydrogens (primary N) is 1. The first-order chi connectivity index (χ1) is 6.81. The van der Waals surface area contributed by atoms with Gasteiger partial charge in [-0.25, -0.2) is 4.98 Å². The normalized spacial score (nSPS) is 10.7. The molecule has 0 atom stereocenters. The highest BCUT2D eigenvalue weighted by Gasteiger charge is 2.03. The van der Waals surface area contributed by atoms with E-state index in [1.807, 2.05) is 12.5 Å². The summed E-state index contributed by atoms with van der Waals surface area (Å²) in [5.41, 5.74) is 8.03. The van der Waals surface area contributed by atoms with E-state index in [2.05, 4.69) is 27.9 Å². The van der Waals surface area contributed by atoms with Crippen LogP contribution in [0, 0.1) is 6.92 Å². The Morgan fingerprint density at radius 1 is 1.57 bits per heavy atom. The van der Waals surface area contributed by atoms with Gasteiger partial charge < -0.3 is 10.3 Å². The van der Waals surface area contributed by atoms with E-state index in [9.17, 15) is 0 Å². The van der Waals surface area contributed by atoms with Crippen molar-refractivity contribution in [3.8, 4) is 0 Å². The molecular formula is C10H13N3S. The van der Waals surface area contributed by atoms with Crippen LogP contribution >= 0.6 is 11.3 Å². The summed E-state index contributed by atoms with van der Waals surface area (Å²) in [6.07, 6.45) is 3.66. The van der Waals surface area contributed by atoms with Crippen molar-refractivity contribution >= 4 is 11.3 Å². The third-order valence-electron chi connectivity index (χ3n) is 2.29. The first-order valence-corrected chi connectivity index (χ1v) is 5.41. The molecule has 0 unspecified atom stereocenters. The average Bonchev–Trinajstić information content (AvgIpc) is 2.77. The monoisotopic (exact) mass is 207 g/mol. The predicted octanol–water partition coefficient (Wildman–Crippen LogP) is 1.76. The standard InChI is InChI=1S/C10H13N3S/c1-8-2-3-14-10(8)6-13-7-12-5-9(13)4-11/h2-3,5,7H,4,6,11H2,1H3. The van der Waals surface area contributed by atoms with Crippen LogP contribution in [0.2, 0.25) is 0 Å². The van der Waals surface area contributed by atoms with Gasteiger partial charge in [-0.1, -0.05) is 0 Å². The predicted molar refractivity (Wildman–Crippen MR) is 58.3 cm³/mol. The van der Waals surface area contributed by atoms with Crippen molar-refractivity contribution in [3.05, 3.63) is 40.1 Å². The van der Waals surface area contributed by atoms with Crippen LogP contribution in [0.15, 0.2) is 24.0 Å². The fourth-order valence-corrected chi connectivity index (χ4v) is 2.29. The summed E-state index contributed by atoms with van der Waals surface area (Å²) in [6, 6.07) is 2.14. The molecule has 0 radical (unpaired) electrons. The molecule has 0 saturated carbocycles. The van der Waals surface area contributed by atoms with Gasteiger partial charge in [0.25, 0.3) is 0 Å². The van der Waals surface area contributed by atoms with Crippen LogP contribution in [0.3, 0.4) is 0 Å². The second-order valence-electron chi connectivity index (χ2n) is 3.24. The molecule has 0 fully saturated rings. The molecular weight excluding hydrogens is 194 g/mol. The van der Waals surface area contributed by atoms with E-state index >= 15 is 0 Å². The van der Waals surface area contributed by atoms with Gasteiger partial charge in [0.2, 0.25) is 0 Å². The zero-order chi connectivity index (χ0) is 9.97. The topological polar surface area (TPSA) is 43.8 Å². The zero-order valence-electron chi connectivity index (χ0n) is 8.10. The molecule has 2 N–H and O–H groups in total. The van der Waals surface area contributed by atoms with Crippen LogP contribution in [0.4, 0.5) is 0 Å². The molecule has 0 saturated heterocycles. The van der Waals surface area contributed by atoms with Crippen molar-refractivity contribution < 1.29 is 0 Å². The van der Waals surface area contributed by atoms with E-state index in [-0.39, 0.29) is 0 Å². The summed E-state index contributed by atoms with van der Waals surface area (Å²) in [5.74, 6) is 0. The molecule has 2 aromatic heterocycles. The van der Waals surface area contributed by atoms with Crippen molar-refractivity contribution in [1.29, 1.82) is 0 Å². The molecule has 14 heavy (non-hydrogen) atoms. The van der Waals surface area contributed by atoms with Crippen LogP contribution in [0.25, 0.3) is 0 Å². The molecule has 0 aliphatic rings. The van der Waals surface area contributed by atoms with E-state index in [0.717, 1.165) is 12.2 Å². The van der Waals surface area contributed by atoms with Gasteiger partial charge in [0.1, 0.15) is 0 Å². The smallest absolute Gasteiger partial charge is 0.0952 e. The Labute approximate surface area is 87.2 Å². The highest BCUT2D eigenvalue weighted by molar-refractivity contribution is 7.10. The van der Waals surface area contributed by atoms with Crippen LogP contribution in [-0.4, -0.2) is 9.55 Å². The van der Waals surface area contributed by atoms with Gasteiger partial charge in [-0.2, -0.15) is 0 Å². The SMILES string of the molecule is Cc1ccsc1Cn1cncc1CN. The number of hydrogen-bond donors (Lipinski definition) is 1. The molecule has 0 bridgehead atoms. The third-order valence-corrected chi connectivity index (χ3v) is 3.30. The number of rotatable bonds is 3. The van der Waals surface area contributed by atoms with E-state index in [4.69, 9.17) is 5.73 Å². The zero-order valence-corrected chi connectivity index (χ0v) is 8.92. The van der Waals surface area contributed by atoms with Crippen molar-refractivity contribution in [2.24, 2.45) is 5.73 Å². The minimum atomic E-state index is 0.546. The second-order valence-corrected chi connectivity index (χ2v) is 4.24. The molecule has 3 nitrogen and oxygen atoms in total. The first-order valence-electron chi connectivity index (χ1n) is 4.53. The van der Waals surface area contributed by atoms with E-state index in [1.54, 1.807) is 11.3 Å². The lowest BCUT2D eigenvalue weighted by Gasteiger charge is -2.05. The highest BCUT2D eigenvalue weighted by Crippen LogP contribution is 2.17. The number of aryl methyl sites for hydroxylation is 1. The fraction of sp³-hybridized carbons (Fsp3) is 0.300. The van der Waals surface area contributed by atoms with Crippen molar-refractivity contribution in [1.82, 2.24) is 9.55 Å². The largest absolute Gasteiger partial charge is 0.328 e. The minimum Gasteiger partial charge on any atom is -0.328 e. The van der Waals surface area contributed by atoms with Gasteiger partial charge in [0, 0.05) is 17.6 Å². The van der Waals surface area contributed by atoms with Gasteiger partial charge >= 0.3 is 0 Å². The Morgan fingerprint density at radius 2 is 2.43 bits per heavy atom. The Kier molecular flexibility index (Phi) is 2.65. The maximum absolute atomic E-state index is 5.60. The van der Waals surface area contributed by atoms with E-state index < -0.39 is 0 Å². The van der Waals surface area contributed by atoms with Gasteiger partial charge in [0.15, 0.2) is 0 Å². The summed E-state index contributed by atoms with van der Waals surface area (Å²) >= 11 is 1.78. The lowest BCUT2D eigenvalue weighted by molar-refractivity contribution is 0.746. The third kappa shape index (κ3) is 1.71. The van der Waals surface area contributed by atoms with Crippen molar-refractivity contribution in [2.75, 3.05) is 0 Å². The molecule has 2 aromatic rings. The number of hydrogen-bond acceptors (Lipinski definition) is 3. The van der Waals surface area contributed by atoms with Crippen LogP contribution in [-0.2, 0) is 13.1 Å². The summed E-state index contributed by atoms with van der Waals surface area (Å²) in [6.45, 7) is 3.56. The number of nitrogens with zero attached hydrogens (tertiary/aromatic N) is 2. The Morgan fingerprint density at radius 3 is 3.07 bits per heavy atom. The molecule has 2 rings (SSSR count). The minimum absolute atomic E-state index is 0.546. The number of aromatic nitrogens is 2. The fourth-order valence-electron chi connectivity index (χ4n) is 1.38. The molecule has 74 valence electrons. The Balaban J connectivity index is 2.22. The van der Waals surface area contributed by atoms with Crippen molar-refractivity contribution in [3.63, 3.8) is 0 Å². The summed E-state index contributed by atoms with van der Waals surface area (Å²) in [7, 11) is 0. The maximum atomic E-state index is 5.60. The molecule has 0 aliphatic carbocycles. The van der Waals surface area contributed by atoms with Gasteiger partial charge in [-0.05, 0) is 23.9 Å². The molecule has 0 aromatic carbocycles. The van der Waals surface area contributed by atoms with Gasteiger partial charge in [-0.3, -0.25) is 0 Å².